The molecule has 4 heterocycles. The number of piperidine rings is 1. The summed E-state index contributed by atoms with van der Waals surface area (Å²) in [7, 11) is 0. The third-order valence-electron chi connectivity index (χ3n) is 4.67. The number of thiophene rings is 1. The van der Waals surface area contributed by atoms with Gasteiger partial charge in [-0.05, 0) is 47.7 Å². The summed E-state index contributed by atoms with van der Waals surface area (Å²) in [6, 6.07) is 4.84. The van der Waals surface area contributed by atoms with E-state index in [1.165, 1.54) is 18.4 Å². The molecule has 22 heavy (non-hydrogen) atoms. The van der Waals surface area contributed by atoms with Crippen LogP contribution in [0.4, 0.5) is 11.8 Å². The summed E-state index contributed by atoms with van der Waals surface area (Å²) in [5.74, 6) is 2.10. The van der Waals surface area contributed by atoms with Crippen LogP contribution in [0.1, 0.15) is 24.1 Å². The minimum Gasteiger partial charge on any atom is -0.368 e. The topological polar surface area (TPSA) is 67.1 Å². The van der Waals surface area contributed by atoms with Crippen LogP contribution in [0, 0.1) is 5.92 Å². The molecule has 2 aromatic heterocycles. The number of nitrogen functional groups attached to an aromatic ring is 1. The van der Waals surface area contributed by atoms with Crippen molar-refractivity contribution >= 4 is 23.1 Å². The highest BCUT2D eigenvalue weighted by Gasteiger charge is 2.34. The zero-order valence-corrected chi connectivity index (χ0v) is 13.4. The molecule has 0 unspecified atom stereocenters. The second kappa shape index (κ2) is 5.85. The molecule has 0 amide bonds. The molecule has 2 saturated heterocycles. The fourth-order valence-electron chi connectivity index (χ4n) is 3.59. The molecular weight excluding hydrogens is 294 g/mol. The minimum atomic E-state index is 0.380. The quantitative estimate of drug-likeness (QED) is 0.905. The number of rotatable bonds is 3. The number of aromatic nitrogens is 2. The van der Waals surface area contributed by atoms with Crippen LogP contribution < -0.4 is 16.0 Å². The number of nitrogens with two attached hydrogens (primary N) is 1. The van der Waals surface area contributed by atoms with E-state index in [0.717, 1.165) is 43.5 Å². The molecule has 0 saturated carbocycles. The summed E-state index contributed by atoms with van der Waals surface area (Å²) >= 11 is 1.71. The summed E-state index contributed by atoms with van der Waals surface area (Å²) in [5.41, 5.74) is 8.23. The molecule has 0 radical (unpaired) electrons. The molecule has 2 aromatic rings. The normalized spacial score (nSPS) is 24.5. The van der Waals surface area contributed by atoms with Crippen LogP contribution in [-0.2, 0) is 6.42 Å². The smallest absolute Gasteiger partial charge is 0.222 e. The summed E-state index contributed by atoms with van der Waals surface area (Å²) in [5, 5.41) is 7.89. The van der Waals surface area contributed by atoms with E-state index in [1.54, 1.807) is 11.3 Å². The lowest BCUT2D eigenvalue weighted by Gasteiger charge is -2.24. The molecule has 5 nitrogen and oxygen atoms in total. The molecule has 0 spiro atoms. The molecule has 0 bridgehead atoms. The Kier molecular flexibility index (Phi) is 3.72. The summed E-state index contributed by atoms with van der Waals surface area (Å²) < 4.78 is 0. The van der Waals surface area contributed by atoms with Crippen molar-refractivity contribution in [1.82, 2.24) is 15.3 Å². The Morgan fingerprint density at radius 1 is 1.36 bits per heavy atom. The zero-order chi connectivity index (χ0) is 14.9. The van der Waals surface area contributed by atoms with Gasteiger partial charge in [-0.2, -0.15) is 16.3 Å². The number of nitrogens with one attached hydrogen (secondary N) is 1. The lowest BCUT2D eigenvalue weighted by Crippen LogP contribution is -2.40. The number of hydrogen-bond acceptors (Lipinski definition) is 6. The van der Waals surface area contributed by atoms with Gasteiger partial charge in [-0.1, -0.05) is 0 Å². The first-order chi connectivity index (χ1) is 10.8. The number of nitrogens with zero attached hydrogens (tertiary/aromatic N) is 3. The van der Waals surface area contributed by atoms with Crippen LogP contribution in [0.2, 0.25) is 0 Å². The Morgan fingerprint density at radius 2 is 2.32 bits per heavy atom. The van der Waals surface area contributed by atoms with Gasteiger partial charge in [-0.15, -0.1) is 0 Å². The van der Waals surface area contributed by atoms with Gasteiger partial charge in [0, 0.05) is 31.6 Å². The largest absolute Gasteiger partial charge is 0.368 e. The van der Waals surface area contributed by atoms with Gasteiger partial charge in [0.15, 0.2) is 0 Å². The fraction of sp³-hybridized carbons (Fsp3) is 0.500. The molecule has 2 aliphatic rings. The maximum atomic E-state index is 5.94. The van der Waals surface area contributed by atoms with E-state index in [1.807, 2.05) is 0 Å². The van der Waals surface area contributed by atoms with Gasteiger partial charge >= 0.3 is 0 Å². The van der Waals surface area contributed by atoms with Crippen molar-refractivity contribution in [3.8, 4) is 0 Å². The lowest BCUT2D eigenvalue weighted by atomic mass is 9.94. The van der Waals surface area contributed by atoms with Gasteiger partial charge in [-0.3, -0.25) is 0 Å². The van der Waals surface area contributed by atoms with Gasteiger partial charge in [-0.25, -0.2) is 4.98 Å². The second-order valence-corrected chi connectivity index (χ2v) is 7.03. The Labute approximate surface area is 134 Å². The molecule has 3 N–H and O–H groups in total. The third-order valence-corrected chi connectivity index (χ3v) is 5.40. The Bertz CT molecular complexity index is 628. The number of fused-ring (bicyclic) bond motifs is 1. The number of anilines is 2. The van der Waals surface area contributed by atoms with Crippen LogP contribution in [0.5, 0.6) is 0 Å². The minimum absolute atomic E-state index is 0.380. The predicted octanol–water partition coefficient (Wildman–Crippen LogP) is 1.90. The SMILES string of the molecule is Nc1nc(Cc2ccsc2)cc(N2C[C@@H]3CCCN[C@@H]3C2)n1. The highest BCUT2D eigenvalue weighted by Crippen LogP contribution is 2.29. The van der Waals surface area contributed by atoms with Crippen molar-refractivity contribution in [2.24, 2.45) is 5.92 Å². The predicted molar refractivity (Wildman–Crippen MR) is 90.3 cm³/mol. The molecule has 4 rings (SSSR count). The van der Waals surface area contributed by atoms with E-state index >= 15 is 0 Å². The van der Waals surface area contributed by atoms with Gasteiger partial charge in [0.05, 0.1) is 5.69 Å². The standard InChI is InChI=1S/C16H21N5S/c17-16-19-13(6-11-3-5-22-10-11)7-15(20-16)21-8-12-2-1-4-18-14(12)9-21/h3,5,7,10,12,14,18H,1-2,4,6,8-9H2,(H2,17,19,20)/t12-,14+/m0/s1. The summed E-state index contributed by atoms with van der Waals surface area (Å²) in [6.45, 7) is 3.25. The van der Waals surface area contributed by atoms with Crippen molar-refractivity contribution in [2.75, 3.05) is 30.3 Å². The molecule has 2 fully saturated rings. The van der Waals surface area contributed by atoms with Crippen molar-refractivity contribution < 1.29 is 0 Å². The Morgan fingerprint density at radius 3 is 3.14 bits per heavy atom. The van der Waals surface area contributed by atoms with E-state index in [-0.39, 0.29) is 0 Å². The van der Waals surface area contributed by atoms with Gasteiger partial charge in [0.25, 0.3) is 0 Å². The summed E-state index contributed by atoms with van der Waals surface area (Å²) in [6.07, 6.45) is 3.42. The highest BCUT2D eigenvalue weighted by molar-refractivity contribution is 7.07. The zero-order valence-electron chi connectivity index (χ0n) is 12.5. The molecule has 0 aromatic carbocycles. The van der Waals surface area contributed by atoms with Gasteiger partial charge in [0.2, 0.25) is 5.95 Å². The molecule has 116 valence electrons. The van der Waals surface area contributed by atoms with Crippen molar-refractivity contribution in [3.63, 3.8) is 0 Å². The van der Waals surface area contributed by atoms with E-state index in [9.17, 15) is 0 Å². The second-order valence-electron chi connectivity index (χ2n) is 6.25. The Balaban J connectivity index is 1.55. The summed E-state index contributed by atoms with van der Waals surface area (Å²) in [4.78, 5) is 11.2. The molecule has 2 atom stereocenters. The fourth-order valence-corrected chi connectivity index (χ4v) is 4.26. The van der Waals surface area contributed by atoms with Gasteiger partial charge in [0.1, 0.15) is 5.82 Å². The molecule has 6 heteroatoms. The van der Waals surface area contributed by atoms with E-state index < -0.39 is 0 Å². The maximum absolute atomic E-state index is 5.94. The molecular formula is C16H21N5S. The monoisotopic (exact) mass is 315 g/mol. The van der Waals surface area contributed by atoms with Crippen LogP contribution in [0.25, 0.3) is 0 Å². The van der Waals surface area contributed by atoms with E-state index in [4.69, 9.17) is 5.73 Å². The average molecular weight is 315 g/mol. The molecule has 0 aliphatic carbocycles. The van der Waals surface area contributed by atoms with Gasteiger partial charge < -0.3 is 16.0 Å². The van der Waals surface area contributed by atoms with Crippen molar-refractivity contribution in [2.45, 2.75) is 25.3 Å². The van der Waals surface area contributed by atoms with Crippen LogP contribution in [-0.4, -0.2) is 35.6 Å². The van der Waals surface area contributed by atoms with Crippen molar-refractivity contribution in [1.29, 1.82) is 0 Å². The van der Waals surface area contributed by atoms with E-state index in [2.05, 4.69) is 43.1 Å². The first-order valence-corrected chi connectivity index (χ1v) is 8.85. The first-order valence-electron chi connectivity index (χ1n) is 7.91. The van der Waals surface area contributed by atoms with E-state index in [0.29, 0.717) is 12.0 Å². The van der Waals surface area contributed by atoms with Crippen molar-refractivity contribution in [3.05, 3.63) is 34.2 Å². The van der Waals surface area contributed by atoms with Crippen LogP contribution >= 0.6 is 11.3 Å². The number of hydrogen-bond donors (Lipinski definition) is 2. The van der Waals surface area contributed by atoms with Crippen LogP contribution in [0.3, 0.4) is 0 Å². The average Bonchev–Trinajstić information content (AvgIpc) is 3.15. The first kappa shape index (κ1) is 14.0. The lowest BCUT2D eigenvalue weighted by molar-refractivity contribution is 0.340. The van der Waals surface area contributed by atoms with Crippen LogP contribution in [0.15, 0.2) is 22.9 Å². The molecule has 2 aliphatic heterocycles. The highest BCUT2D eigenvalue weighted by atomic mass is 32.1. The Hall–Kier alpha value is -1.66. The third kappa shape index (κ3) is 2.80. The maximum Gasteiger partial charge on any atom is 0.222 e.